The molecule has 0 unspecified atom stereocenters. The van der Waals surface area contributed by atoms with Crippen LogP contribution in [0.1, 0.15) is 37.3 Å². The molecule has 0 aromatic heterocycles. The summed E-state index contributed by atoms with van der Waals surface area (Å²) in [7, 11) is 4.18. The third-order valence-electron chi connectivity index (χ3n) is 4.71. The summed E-state index contributed by atoms with van der Waals surface area (Å²) < 4.78 is 11.2. The van der Waals surface area contributed by atoms with Crippen LogP contribution in [0.4, 0.5) is 0 Å². The van der Waals surface area contributed by atoms with Crippen molar-refractivity contribution in [2.45, 2.75) is 39.3 Å². The zero-order valence-electron chi connectivity index (χ0n) is 17.9. The first kappa shape index (κ1) is 22.7. The summed E-state index contributed by atoms with van der Waals surface area (Å²) in [6.45, 7) is 8.85. The van der Waals surface area contributed by atoms with Crippen molar-refractivity contribution in [1.82, 2.24) is 15.5 Å². The van der Waals surface area contributed by atoms with Gasteiger partial charge in [0, 0.05) is 46.1 Å². The maximum atomic E-state index is 5.83. The Morgan fingerprint density at radius 1 is 1.21 bits per heavy atom. The monoisotopic (exact) mass is 390 g/mol. The summed E-state index contributed by atoms with van der Waals surface area (Å²) in [6, 6.07) is 8.64. The molecule has 1 fully saturated rings. The third-order valence-corrected chi connectivity index (χ3v) is 4.71. The SMILES string of the molecule is CCNC(=NCc1cccc(CN(C)C)c1)NCCCOCC1CCOCC1. The molecule has 0 saturated carbocycles. The number of guanidine groups is 1. The molecule has 158 valence electrons. The number of hydrogen-bond donors (Lipinski definition) is 2. The van der Waals surface area contributed by atoms with E-state index in [-0.39, 0.29) is 0 Å². The molecular weight excluding hydrogens is 352 g/mol. The van der Waals surface area contributed by atoms with Gasteiger partial charge in [0.1, 0.15) is 0 Å². The second-order valence-corrected chi connectivity index (χ2v) is 7.66. The van der Waals surface area contributed by atoms with E-state index in [0.717, 1.165) is 71.3 Å². The van der Waals surface area contributed by atoms with Gasteiger partial charge in [-0.3, -0.25) is 0 Å². The zero-order valence-corrected chi connectivity index (χ0v) is 17.9. The summed E-state index contributed by atoms with van der Waals surface area (Å²) in [5.74, 6) is 1.54. The van der Waals surface area contributed by atoms with Crippen LogP contribution in [-0.4, -0.2) is 64.5 Å². The predicted octanol–water partition coefficient (Wildman–Crippen LogP) is 2.64. The smallest absolute Gasteiger partial charge is 0.191 e. The van der Waals surface area contributed by atoms with Crippen LogP contribution in [0.25, 0.3) is 0 Å². The highest BCUT2D eigenvalue weighted by molar-refractivity contribution is 5.79. The van der Waals surface area contributed by atoms with Gasteiger partial charge in [-0.1, -0.05) is 24.3 Å². The maximum absolute atomic E-state index is 5.83. The lowest BCUT2D eigenvalue weighted by Gasteiger charge is -2.21. The molecule has 0 atom stereocenters. The molecule has 28 heavy (non-hydrogen) atoms. The Labute approximate surface area is 170 Å². The summed E-state index contributed by atoms with van der Waals surface area (Å²) in [6.07, 6.45) is 3.24. The Hall–Kier alpha value is -1.63. The Morgan fingerprint density at radius 2 is 2.00 bits per heavy atom. The van der Waals surface area contributed by atoms with Crippen LogP contribution in [0, 0.1) is 5.92 Å². The summed E-state index contributed by atoms with van der Waals surface area (Å²) >= 11 is 0. The number of rotatable bonds is 11. The lowest BCUT2D eigenvalue weighted by molar-refractivity contribution is 0.0203. The molecule has 0 bridgehead atoms. The first-order valence-corrected chi connectivity index (χ1v) is 10.6. The highest BCUT2D eigenvalue weighted by Crippen LogP contribution is 2.14. The number of nitrogens with zero attached hydrogens (tertiary/aromatic N) is 2. The standard InChI is InChI=1S/C22H38N4O2/c1-4-23-22(24-11-6-12-28-18-19-9-13-27-14-10-19)25-16-20-7-5-8-21(15-20)17-26(2)3/h5,7-8,15,19H,4,6,9-14,16-18H2,1-3H3,(H2,23,24,25). The molecule has 1 aromatic carbocycles. The van der Waals surface area contributed by atoms with Crippen molar-refractivity contribution in [3.05, 3.63) is 35.4 Å². The first-order chi connectivity index (χ1) is 13.7. The Bertz CT molecular complexity index is 571. The minimum Gasteiger partial charge on any atom is -0.381 e. The second-order valence-electron chi connectivity index (χ2n) is 7.66. The van der Waals surface area contributed by atoms with Gasteiger partial charge < -0.3 is 25.0 Å². The largest absolute Gasteiger partial charge is 0.381 e. The Balaban J connectivity index is 1.68. The molecular formula is C22H38N4O2. The Morgan fingerprint density at radius 3 is 2.75 bits per heavy atom. The van der Waals surface area contributed by atoms with Crippen molar-refractivity contribution in [2.75, 3.05) is 53.6 Å². The van der Waals surface area contributed by atoms with Gasteiger partial charge in [0.05, 0.1) is 6.54 Å². The van der Waals surface area contributed by atoms with Crippen molar-refractivity contribution >= 4 is 5.96 Å². The second kappa shape index (κ2) is 13.5. The van der Waals surface area contributed by atoms with Gasteiger partial charge >= 0.3 is 0 Å². The van der Waals surface area contributed by atoms with Gasteiger partial charge in [-0.15, -0.1) is 0 Å². The fourth-order valence-corrected chi connectivity index (χ4v) is 3.25. The molecule has 1 saturated heterocycles. The lowest BCUT2D eigenvalue weighted by Crippen LogP contribution is -2.38. The molecule has 6 nitrogen and oxygen atoms in total. The quantitative estimate of drug-likeness (QED) is 0.346. The minimum atomic E-state index is 0.670. The average Bonchev–Trinajstić information content (AvgIpc) is 2.69. The van der Waals surface area contributed by atoms with E-state index >= 15 is 0 Å². The molecule has 0 amide bonds. The minimum absolute atomic E-state index is 0.670. The van der Waals surface area contributed by atoms with E-state index in [4.69, 9.17) is 14.5 Å². The lowest BCUT2D eigenvalue weighted by atomic mass is 10.0. The normalized spacial score (nSPS) is 15.8. The topological polar surface area (TPSA) is 58.1 Å². The molecule has 2 rings (SSSR count). The molecule has 6 heteroatoms. The van der Waals surface area contributed by atoms with Crippen LogP contribution in [0.3, 0.4) is 0 Å². The van der Waals surface area contributed by atoms with Gasteiger partial charge in [0.15, 0.2) is 5.96 Å². The van der Waals surface area contributed by atoms with Crippen LogP contribution in [-0.2, 0) is 22.6 Å². The fourth-order valence-electron chi connectivity index (χ4n) is 3.25. The van der Waals surface area contributed by atoms with Gasteiger partial charge in [-0.2, -0.15) is 0 Å². The van der Waals surface area contributed by atoms with E-state index in [0.29, 0.717) is 12.5 Å². The van der Waals surface area contributed by atoms with E-state index in [1.54, 1.807) is 0 Å². The summed E-state index contributed by atoms with van der Waals surface area (Å²) in [4.78, 5) is 6.90. The number of hydrogen-bond acceptors (Lipinski definition) is 4. The molecule has 1 aliphatic heterocycles. The van der Waals surface area contributed by atoms with Crippen molar-refractivity contribution in [3.63, 3.8) is 0 Å². The molecule has 1 aromatic rings. The van der Waals surface area contributed by atoms with Crippen LogP contribution >= 0.6 is 0 Å². The van der Waals surface area contributed by atoms with Crippen LogP contribution < -0.4 is 10.6 Å². The molecule has 0 aliphatic carbocycles. The van der Waals surface area contributed by atoms with Gasteiger partial charge in [-0.05, 0) is 57.3 Å². The molecule has 0 spiro atoms. The van der Waals surface area contributed by atoms with Gasteiger partial charge in [0.2, 0.25) is 0 Å². The van der Waals surface area contributed by atoms with E-state index in [2.05, 4.69) is 60.8 Å². The highest BCUT2D eigenvalue weighted by Gasteiger charge is 2.13. The fraction of sp³-hybridized carbons (Fsp3) is 0.682. The van der Waals surface area contributed by atoms with Crippen LogP contribution in [0.15, 0.2) is 29.3 Å². The van der Waals surface area contributed by atoms with Crippen LogP contribution in [0.5, 0.6) is 0 Å². The molecule has 1 aliphatic rings. The van der Waals surface area contributed by atoms with Gasteiger partial charge in [-0.25, -0.2) is 4.99 Å². The van der Waals surface area contributed by atoms with Crippen molar-refractivity contribution in [1.29, 1.82) is 0 Å². The van der Waals surface area contributed by atoms with E-state index in [1.165, 1.54) is 11.1 Å². The number of ether oxygens (including phenoxy) is 2. The predicted molar refractivity (Wildman–Crippen MR) is 116 cm³/mol. The number of benzene rings is 1. The Kier molecular flexibility index (Phi) is 10.9. The maximum Gasteiger partial charge on any atom is 0.191 e. The number of nitrogens with one attached hydrogen (secondary N) is 2. The van der Waals surface area contributed by atoms with Crippen molar-refractivity contribution in [3.8, 4) is 0 Å². The molecule has 2 N–H and O–H groups in total. The van der Waals surface area contributed by atoms with Crippen molar-refractivity contribution < 1.29 is 9.47 Å². The average molecular weight is 391 g/mol. The van der Waals surface area contributed by atoms with E-state index in [1.807, 2.05) is 0 Å². The summed E-state index contributed by atoms with van der Waals surface area (Å²) in [5.41, 5.74) is 2.55. The van der Waals surface area contributed by atoms with Crippen LogP contribution in [0.2, 0.25) is 0 Å². The van der Waals surface area contributed by atoms with Gasteiger partial charge in [0.25, 0.3) is 0 Å². The zero-order chi connectivity index (χ0) is 20.0. The third kappa shape index (κ3) is 9.53. The first-order valence-electron chi connectivity index (χ1n) is 10.6. The van der Waals surface area contributed by atoms with E-state index < -0.39 is 0 Å². The molecule has 1 heterocycles. The van der Waals surface area contributed by atoms with E-state index in [9.17, 15) is 0 Å². The van der Waals surface area contributed by atoms with Crippen molar-refractivity contribution in [2.24, 2.45) is 10.9 Å². The summed E-state index contributed by atoms with van der Waals surface area (Å²) in [5, 5.41) is 6.73. The molecule has 0 radical (unpaired) electrons. The highest BCUT2D eigenvalue weighted by atomic mass is 16.5. The number of aliphatic imine (C=N–C) groups is 1.